The van der Waals surface area contributed by atoms with Crippen molar-refractivity contribution in [2.75, 3.05) is 0 Å². The molecule has 0 aliphatic heterocycles. The molecule has 0 atom stereocenters. The van der Waals surface area contributed by atoms with E-state index in [-0.39, 0.29) is 0 Å². The average Bonchev–Trinajstić information content (AvgIpc) is 2.64. The number of aromatic nitrogens is 2. The summed E-state index contributed by atoms with van der Waals surface area (Å²) in [4.78, 5) is 7.45. The number of nitrogens with one attached hydrogen (secondary N) is 1. The smallest absolute Gasteiger partial charge is 0.0517 e. The third-order valence-corrected chi connectivity index (χ3v) is 1.98. The lowest BCUT2D eigenvalue weighted by Crippen LogP contribution is -1.84. The number of hydrogen-bond acceptors (Lipinski definition) is 1. The fourth-order valence-corrected chi connectivity index (χ4v) is 1.32. The van der Waals surface area contributed by atoms with Crippen LogP contribution in [0.1, 0.15) is 25.1 Å². The molecule has 0 radical (unpaired) electrons. The molecule has 2 heteroatoms. The molecule has 2 heterocycles. The van der Waals surface area contributed by atoms with E-state index in [1.165, 1.54) is 16.5 Å². The van der Waals surface area contributed by atoms with Gasteiger partial charge in [-0.1, -0.05) is 13.8 Å². The van der Waals surface area contributed by atoms with E-state index >= 15 is 0 Å². The predicted octanol–water partition coefficient (Wildman–Crippen LogP) is 3.21. The summed E-state index contributed by atoms with van der Waals surface area (Å²) in [6.45, 7) is 8.08. The van der Waals surface area contributed by atoms with Gasteiger partial charge in [0.25, 0.3) is 0 Å². The van der Waals surface area contributed by atoms with Crippen LogP contribution in [0.2, 0.25) is 0 Å². The molecule has 0 aromatic carbocycles. The molecule has 0 unspecified atom stereocenters. The van der Waals surface area contributed by atoms with E-state index in [4.69, 9.17) is 0 Å². The molecule has 70 valence electrons. The van der Waals surface area contributed by atoms with Crippen LogP contribution in [0.25, 0.3) is 10.9 Å². The zero-order chi connectivity index (χ0) is 9.84. The molecule has 0 amide bonds. The normalized spacial score (nSPS) is 9.54. The summed E-state index contributed by atoms with van der Waals surface area (Å²) in [6, 6.07) is 2.06. The number of hydrogen-bond donors (Lipinski definition) is 1. The van der Waals surface area contributed by atoms with Gasteiger partial charge in [0, 0.05) is 23.5 Å². The van der Waals surface area contributed by atoms with Crippen molar-refractivity contribution in [1.29, 1.82) is 0 Å². The van der Waals surface area contributed by atoms with E-state index in [0.29, 0.717) is 0 Å². The van der Waals surface area contributed by atoms with Crippen LogP contribution < -0.4 is 0 Å². The summed E-state index contributed by atoms with van der Waals surface area (Å²) < 4.78 is 0. The van der Waals surface area contributed by atoms with Gasteiger partial charge < -0.3 is 4.98 Å². The maximum Gasteiger partial charge on any atom is 0.0517 e. The molecule has 0 aliphatic carbocycles. The van der Waals surface area contributed by atoms with Gasteiger partial charge in [-0.15, -0.1) is 0 Å². The summed E-state index contributed by atoms with van der Waals surface area (Å²) in [5, 5.41) is 1.23. The molecular formula is C11H16N2. The molecule has 13 heavy (non-hydrogen) atoms. The first-order valence-corrected chi connectivity index (χ1v) is 4.68. The third kappa shape index (κ3) is 1.72. The largest absolute Gasteiger partial charge is 0.361 e. The minimum absolute atomic E-state index is 1.09. The Morgan fingerprint density at radius 2 is 1.92 bits per heavy atom. The molecule has 0 aliphatic rings. The van der Waals surface area contributed by atoms with Crippen LogP contribution in [0, 0.1) is 13.8 Å². The molecule has 0 saturated carbocycles. The highest BCUT2D eigenvalue weighted by atomic mass is 14.7. The van der Waals surface area contributed by atoms with Gasteiger partial charge in [0.2, 0.25) is 0 Å². The van der Waals surface area contributed by atoms with Gasteiger partial charge in [-0.05, 0) is 25.5 Å². The van der Waals surface area contributed by atoms with Gasteiger partial charge in [0.05, 0.1) is 5.52 Å². The second-order valence-electron chi connectivity index (χ2n) is 2.79. The Balaban J connectivity index is 0.000000396. The third-order valence-electron chi connectivity index (χ3n) is 1.98. The molecule has 1 N–H and O–H groups in total. The molecule has 0 bridgehead atoms. The van der Waals surface area contributed by atoms with Crippen LogP contribution in [0.5, 0.6) is 0 Å². The van der Waals surface area contributed by atoms with E-state index in [0.717, 1.165) is 5.69 Å². The minimum atomic E-state index is 1.09. The Bertz CT molecular complexity index is 352. The van der Waals surface area contributed by atoms with Crippen molar-refractivity contribution in [1.82, 2.24) is 9.97 Å². The molecule has 0 fully saturated rings. The first-order valence-electron chi connectivity index (χ1n) is 4.68. The molecule has 0 saturated heterocycles. The molecule has 2 aromatic heterocycles. The standard InChI is InChI=1S/C9H10N2.C2H6/c1-6-5-11-7(2)8-3-4-10-9(6)8;1-2/h3-5,10H,1-2H3;1-2H3. The van der Waals surface area contributed by atoms with Crippen LogP contribution in [0.15, 0.2) is 18.5 Å². The molecule has 2 nitrogen and oxygen atoms in total. The van der Waals surface area contributed by atoms with Crippen molar-refractivity contribution in [3.8, 4) is 0 Å². The van der Waals surface area contributed by atoms with Crippen LogP contribution in [0.3, 0.4) is 0 Å². The first-order chi connectivity index (χ1) is 6.29. The topological polar surface area (TPSA) is 28.7 Å². The van der Waals surface area contributed by atoms with Gasteiger partial charge in [0.15, 0.2) is 0 Å². The van der Waals surface area contributed by atoms with Crippen LogP contribution in [-0.2, 0) is 0 Å². The Kier molecular flexibility index (Phi) is 3.07. The number of fused-ring (bicyclic) bond motifs is 1. The van der Waals surface area contributed by atoms with Crippen molar-refractivity contribution in [2.45, 2.75) is 27.7 Å². The van der Waals surface area contributed by atoms with E-state index in [1.54, 1.807) is 0 Å². The lowest BCUT2D eigenvalue weighted by Gasteiger charge is -1.97. The fourth-order valence-electron chi connectivity index (χ4n) is 1.32. The van der Waals surface area contributed by atoms with Crippen molar-refractivity contribution >= 4 is 10.9 Å². The SMILES string of the molecule is CC.Cc1ncc(C)c2[nH]ccc12. The zero-order valence-electron chi connectivity index (χ0n) is 8.68. The van der Waals surface area contributed by atoms with E-state index < -0.39 is 0 Å². The minimum Gasteiger partial charge on any atom is -0.361 e. The number of nitrogens with zero attached hydrogens (tertiary/aromatic N) is 1. The van der Waals surface area contributed by atoms with Gasteiger partial charge >= 0.3 is 0 Å². The number of pyridine rings is 1. The number of aryl methyl sites for hydroxylation is 2. The maximum absolute atomic E-state index is 4.26. The van der Waals surface area contributed by atoms with E-state index in [2.05, 4.69) is 23.0 Å². The summed E-state index contributed by atoms with van der Waals surface area (Å²) in [6.07, 6.45) is 3.85. The first kappa shape index (κ1) is 9.78. The highest BCUT2D eigenvalue weighted by Gasteiger charge is 2.00. The molecule has 0 spiro atoms. The average molecular weight is 176 g/mol. The molecule has 2 aromatic rings. The van der Waals surface area contributed by atoms with Crippen LogP contribution in [-0.4, -0.2) is 9.97 Å². The Labute approximate surface area is 79.0 Å². The summed E-state index contributed by atoms with van der Waals surface area (Å²) in [5.74, 6) is 0. The van der Waals surface area contributed by atoms with Gasteiger partial charge in [0.1, 0.15) is 0 Å². The monoisotopic (exact) mass is 176 g/mol. The number of H-pyrrole nitrogens is 1. The van der Waals surface area contributed by atoms with Crippen LogP contribution in [0.4, 0.5) is 0 Å². The van der Waals surface area contributed by atoms with Crippen molar-refractivity contribution < 1.29 is 0 Å². The lowest BCUT2D eigenvalue weighted by atomic mass is 10.2. The predicted molar refractivity (Wildman–Crippen MR) is 56.9 cm³/mol. The van der Waals surface area contributed by atoms with Crippen molar-refractivity contribution in [2.24, 2.45) is 0 Å². The van der Waals surface area contributed by atoms with Crippen molar-refractivity contribution in [3.05, 3.63) is 29.7 Å². The van der Waals surface area contributed by atoms with Crippen LogP contribution >= 0.6 is 0 Å². The second kappa shape index (κ2) is 4.08. The lowest BCUT2D eigenvalue weighted by molar-refractivity contribution is 1.20. The Morgan fingerprint density at radius 3 is 2.54 bits per heavy atom. The number of aromatic amines is 1. The summed E-state index contributed by atoms with van der Waals surface area (Å²) in [5.41, 5.74) is 3.50. The summed E-state index contributed by atoms with van der Waals surface area (Å²) in [7, 11) is 0. The van der Waals surface area contributed by atoms with Gasteiger partial charge in [-0.2, -0.15) is 0 Å². The molecule has 2 rings (SSSR count). The van der Waals surface area contributed by atoms with E-state index in [9.17, 15) is 0 Å². The maximum atomic E-state index is 4.26. The van der Waals surface area contributed by atoms with Crippen molar-refractivity contribution in [3.63, 3.8) is 0 Å². The summed E-state index contributed by atoms with van der Waals surface area (Å²) >= 11 is 0. The Morgan fingerprint density at radius 1 is 1.23 bits per heavy atom. The highest BCUT2D eigenvalue weighted by molar-refractivity contribution is 5.83. The van der Waals surface area contributed by atoms with E-state index in [1.807, 2.05) is 33.2 Å². The zero-order valence-corrected chi connectivity index (χ0v) is 8.68. The number of rotatable bonds is 0. The fraction of sp³-hybridized carbons (Fsp3) is 0.364. The highest BCUT2D eigenvalue weighted by Crippen LogP contribution is 2.17. The van der Waals surface area contributed by atoms with Gasteiger partial charge in [-0.25, -0.2) is 0 Å². The Hall–Kier alpha value is -1.31. The van der Waals surface area contributed by atoms with Gasteiger partial charge in [-0.3, -0.25) is 4.98 Å². The molecular weight excluding hydrogens is 160 g/mol. The second-order valence-corrected chi connectivity index (χ2v) is 2.79. The quantitative estimate of drug-likeness (QED) is 0.656.